The van der Waals surface area contributed by atoms with Crippen LogP contribution in [0.25, 0.3) is 0 Å². The highest BCUT2D eigenvalue weighted by Crippen LogP contribution is 2.31. The van der Waals surface area contributed by atoms with Gasteiger partial charge in [0.1, 0.15) is 66.7 Å². The molecule has 0 spiro atoms. The van der Waals surface area contributed by atoms with Crippen molar-refractivity contribution >= 4 is 53.0 Å². The Morgan fingerprint density at radius 3 is 1.31 bits per heavy atom. The number of carboxylic acids is 1. The average molecular weight is 1640 g/mol. The molecule has 1 aromatic carbocycles. The predicted molar refractivity (Wildman–Crippen MR) is 384 cm³/mol. The number of anilines is 1. The summed E-state index contributed by atoms with van der Waals surface area (Å²) in [7, 11) is 0. The quantitative estimate of drug-likeness (QED) is 0.0213. The predicted octanol–water partition coefficient (Wildman–Crippen LogP) is -10.5. The van der Waals surface area contributed by atoms with Crippen LogP contribution in [0, 0.1) is 0 Å². The molecule has 14 atom stereocenters. The highest BCUT2D eigenvalue weighted by atomic mass is 16.7. The molecule has 1 aromatic rings. The van der Waals surface area contributed by atoms with E-state index in [0.717, 1.165) is 4.90 Å². The zero-order chi connectivity index (χ0) is 83.1. The fourth-order valence-corrected chi connectivity index (χ4v) is 10.0. The van der Waals surface area contributed by atoms with Gasteiger partial charge in [-0.2, -0.15) is 0 Å². The van der Waals surface area contributed by atoms with E-state index < -0.39 is 185 Å². The average Bonchev–Trinajstić information content (AvgIpc) is 1.77. The van der Waals surface area contributed by atoms with E-state index in [1.165, 1.54) is 35.3 Å². The van der Waals surface area contributed by atoms with Gasteiger partial charge in [0.05, 0.1) is 209 Å². The summed E-state index contributed by atoms with van der Waals surface area (Å²) in [5, 5.41) is 161. The number of aliphatic carboxylic acids is 1. The second-order valence-corrected chi connectivity index (χ2v) is 25.2. The van der Waals surface area contributed by atoms with Crippen molar-refractivity contribution in [3.05, 3.63) is 35.9 Å². The first-order chi connectivity index (χ1) is 54.3. The van der Waals surface area contributed by atoms with Crippen molar-refractivity contribution in [2.75, 3.05) is 223 Å². The Labute approximate surface area is 652 Å². The summed E-state index contributed by atoms with van der Waals surface area (Å²) in [4.78, 5) is 103. The minimum Gasteiger partial charge on any atom is -0.479 e. The van der Waals surface area contributed by atoms with Gasteiger partial charge in [-0.25, -0.2) is 4.79 Å². The smallest absolute Gasteiger partial charge is 0.335 e. The maximum atomic E-state index is 13.9. The number of carboxylic acid groups (broad SMARTS) is 1. The van der Waals surface area contributed by atoms with E-state index in [0.29, 0.717) is 112 Å². The summed E-state index contributed by atoms with van der Waals surface area (Å²) in [5.41, 5.74) is -0.0265. The van der Waals surface area contributed by atoms with Crippen molar-refractivity contribution in [2.24, 2.45) is 0 Å². The van der Waals surface area contributed by atoms with Crippen molar-refractivity contribution < 1.29 is 181 Å². The van der Waals surface area contributed by atoms with Gasteiger partial charge in [0.2, 0.25) is 35.8 Å². The lowest BCUT2D eigenvalue weighted by molar-refractivity contribution is -0.271. The normalized spacial score (nSPS) is 18.8. The van der Waals surface area contributed by atoms with Gasteiger partial charge in [0.15, 0.2) is 6.10 Å². The zero-order valence-electron chi connectivity index (χ0n) is 63.1. The number of amides is 7. The van der Waals surface area contributed by atoms with Crippen LogP contribution in [0.1, 0.15) is 37.7 Å². The highest BCUT2D eigenvalue weighted by molar-refractivity contribution is 6.12. The van der Waals surface area contributed by atoms with Crippen LogP contribution >= 0.6 is 0 Å². The summed E-state index contributed by atoms with van der Waals surface area (Å²) >= 11 is 0. The summed E-state index contributed by atoms with van der Waals surface area (Å²) < 4.78 is 76.9. The first-order valence-electron chi connectivity index (χ1n) is 36.9. The molecule has 0 bridgehead atoms. The van der Waals surface area contributed by atoms with Gasteiger partial charge >= 0.3 is 5.97 Å². The SMILES string of the molecule is O=C(CCCCCN1C(=O)C=CC1=O)NCC(=O)NCC(=O)NC(CNC(=O)CCOCCOCCOCCOCCOCCOCCOCCOCCOCCOCCOCCOCCN(C[C@H](O)[C@@H](O)[C@H](O)[C@H](O)CO)C[C@H](O)[C@@H](O)[C@H](O)[C@H](O)CO)C(=O)Nc1cc(CO)ccc1O[C@@H]1O[C@H](C(=O)O)[C@@H](O)[C@H](O)[C@H]1O. The molecule has 1 unspecified atom stereocenters. The van der Waals surface area contributed by atoms with Crippen LogP contribution in [0.5, 0.6) is 5.75 Å². The third-order valence-electron chi connectivity index (χ3n) is 16.4. The fraction of sp³-hybridized carbons (Fsp3) is 0.768. The molecule has 7 amide bonds. The van der Waals surface area contributed by atoms with Crippen molar-refractivity contribution in [1.29, 1.82) is 0 Å². The molecule has 0 saturated carbocycles. The van der Waals surface area contributed by atoms with E-state index >= 15 is 0 Å². The molecular weight excluding hydrogens is 1520 g/mol. The molecule has 3 rings (SSSR count). The van der Waals surface area contributed by atoms with E-state index in [9.17, 15) is 105 Å². The topological polar surface area (TPSA) is 636 Å². The number of imide groups is 1. The second kappa shape index (κ2) is 61.0. The Kier molecular flexibility index (Phi) is 54.4. The number of unbranched alkanes of at least 4 members (excludes halogenated alkanes) is 2. The van der Waals surface area contributed by atoms with Crippen molar-refractivity contribution in [3.8, 4) is 5.75 Å². The van der Waals surface area contributed by atoms with E-state index in [1.54, 1.807) is 0 Å². The van der Waals surface area contributed by atoms with E-state index in [4.69, 9.17) is 76.5 Å². The van der Waals surface area contributed by atoms with Crippen LogP contribution in [0.3, 0.4) is 0 Å². The third kappa shape index (κ3) is 43.4. The van der Waals surface area contributed by atoms with E-state index in [2.05, 4.69) is 26.6 Å². The number of carbonyl (C=O) groups excluding carboxylic acids is 7. The van der Waals surface area contributed by atoms with Gasteiger partial charge in [-0.05, 0) is 30.5 Å². The largest absolute Gasteiger partial charge is 0.479 e. The number of carbonyl (C=O) groups is 8. The molecule has 2 heterocycles. The van der Waals surface area contributed by atoms with Crippen LogP contribution < -0.4 is 31.3 Å². The lowest BCUT2D eigenvalue weighted by Crippen LogP contribution is -2.61. The molecule has 2 aliphatic rings. The molecule has 0 aliphatic carbocycles. The summed E-state index contributed by atoms with van der Waals surface area (Å²) in [5.74, 6) is -6.62. The van der Waals surface area contributed by atoms with Crippen LogP contribution in [-0.4, -0.2) is 437 Å². The lowest BCUT2D eigenvalue weighted by Gasteiger charge is -2.38. The Hall–Kier alpha value is -6.40. The number of aliphatic hydroxyl groups excluding tert-OH is 14. The summed E-state index contributed by atoms with van der Waals surface area (Å²) in [6, 6.07) is 2.17. The molecular formula is C69H117N7O37. The fourth-order valence-electron chi connectivity index (χ4n) is 10.0. The van der Waals surface area contributed by atoms with Gasteiger partial charge in [0, 0.05) is 57.7 Å². The molecule has 650 valence electrons. The first kappa shape index (κ1) is 101. The standard InChI is InChI=1S/C69H117N7O37/c77-42-45-5-6-52(112-69-65(96)63(94)64(95)66(113-69)68(98)99)46(36-45)74-67(97)47(73-56(87)39-72-55(86)38-71-53(84)4-2-1-3-10-76-57(88)7-8-58(76)89)37-70-54(85)9-12-100-14-16-102-18-20-104-22-24-106-26-28-108-30-32-110-34-35-111-33-31-109-29-27-107-25-23-105-21-19-103-17-15-101-13-11-75(40-48(80)59(90)61(92)50(82)43-78)41-49(81)60(91)62(93)51(83)44-79/h5-8,36,47-51,59-66,69,77-83,90-96H,1-4,9-35,37-44H2,(H,70,85)(H,71,84)(H,72,86)(H,73,87)(H,74,97)(H,98,99)/t47?,48-,49-,50+,51+,59+,60+,61+,62+,63-,64-,65+,66-,69+/m0/s1. The van der Waals surface area contributed by atoms with Gasteiger partial charge in [0.25, 0.3) is 11.8 Å². The molecule has 1 saturated heterocycles. The van der Waals surface area contributed by atoms with Crippen LogP contribution in [-0.2, 0) is 107 Å². The second-order valence-electron chi connectivity index (χ2n) is 25.2. The first-order valence-corrected chi connectivity index (χ1v) is 36.9. The monoisotopic (exact) mass is 1640 g/mol. The van der Waals surface area contributed by atoms with Crippen molar-refractivity contribution in [1.82, 2.24) is 31.1 Å². The minimum absolute atomic E-state index is 0.00133. The molecule has 44 heteroatoms. The minimum atomic E-state index is -2.04. The number of hydrogen-bond acceptors (Lipinski definition) is 37. The molecule has 2 aliphatic heterocycles. The molecule has 0 aromatic heterocycles. The highest BCUT2D eigenvalue weighted by Gasteiger charge is 2.48. The maximum Gasteiger partial charge on any atom is 0.335 e. The van der Waals surface area contributed by atoms with Gasteiger partial charge in [-0.15, -0.1) is 0 Å². The molecule has 20 N–H and O–H groups in total. The van der Waals surface area contributed by atoms with E-state index in [1.807, 2.05) is 0 Å². The van der Waals surface area contributed by atoms with Crippen LogP contribution in [0.4, 0.5) is 5.69 Å². The van der Waals surface area contributed by atoms with Gasteiger partial charge in [-0.3, -0.25) is 43.4 Å². The Morgan fingerprint density at radius 1 is 0.469 bits per heavy atom. The number of nitrogens with zero attached hydrogens (tertiary/aromatic N) is 2. The van der Waals surface area contributed by atoms with Gasteiger partial charge in [-0.1, -0.05) is 12.5 Å². The maximum absolute atomic E-state index is 13.9. The summed E-state index contributed by atoms with van der Waals surface area (Å²) in [6.45, 7) is 1.64. The Balaban J connectivity index is 1.18. The van der Waals surface area contributed by atoms with E-state index in [-0.39, 0.29) is 109 Å². The molecule has 1 fully saturated rings. The molecule has 0 radical (unpaired) electrons. The number of nitrogens with one attached hydrogen (secondary N) is 5. The Bertz CT molecular complexity index is 2800. The number of rotatable bonds is 70. The molecule has 44 nitrogen and oxygen atoms in total. The summed E-state index contributed by atoms with van der Waals surface area (Å²) in [6.07, 6.45) is -21.0. The van der Waals surface area contributed by atoms with Crippen molar-refractivity contribution in [2.45, 2.75) is 124 Å². The van der Waals surface area contributed by atoms with Crippen LogP contribution in [0.15, 0.2) is 30.4 Å². The van der Waals surface area contributed by atoms with Gasteiger partial charge < -0.3 is 169 Å². The number of hydrogen-bond donors (Lipinski definition) is 20. The third-order valence-corrected chi connectivity index (χ3v) is 16.4. The number of benzene rings is 1. The zero-order valence-corrected chi connectivity index (χ0v) is 63.1. The van der Waals surface area contributed by atoms with Crippen LogP contribution in [0.2, 0.25) is 0 Å². The number of aliphatic hydroxyl groups is 14. The van der Waals surface area contributed by atoms with Crippen molar-refractivity contribution in [3.63, 3.8) is 0 Å². The lowest BCUT2D eigenvalue weighted by atomic mass is 9.99. The Morgan fingerprint density at radius 2 is 0.876 bits per heavy atom. The number of ether oxygens (including phenoxy) is 14. The molecule has 113 heavy (non-hydrogen) atoms.